The van der Waals surface area contributed by atoms with E-state index in [-0.39, 0.29) is 22.3 Å². The second-order valence-corrected chi connectivity index (χ2v) is 8.80. The molecule has 0 radical (unpaired) electrons. The number of methoxy groups -OCH3 is 1. The highest BCUT2D eigenvalue weighted by Crippen LogP contribution is 2.29. The molecule has 2 rings (SSSR count). The number of hydrogen-bond donors (Lipinski definition) is 4. The molecule has 0 saturated heterocycles. The van der Waals surface area contributed by atoms with E-state index < -0.39 is 28.0 Å². The summed E-state index contributed by atoms with van der Waals surface area (Å²) >= 11 is 0. The predicted molar refractivity (Wildman–Crippen MR) is 121 cm³/mol. The first-order chi connectivity index (χ1) is 15.1. The predicted octanol–water partition coefficient (Wildman–Crippen LogP) is 2.53. The zero-order valence-corrected chi connectivity index (χ0v) is 19.2. The molecule has 0 aromatic heterocycles. The number of sulfonamides is 1. The molecule has 2 aromatic rings. The van der Waals surface area contributed by atoms with Gasteiger partial charge in [-0.2, -0.15) is 0 Å². The van der Waals surface area contributed by atoms with Gasteiger partial charge in [-0.05, 0) is 55.3 Å². The summed E-state index contributed by atoms with van der Waals surface area (Å²) in [6.45, 7) is 5.82. The number of carbonyl (C=O) groups is 2. The Morgan fingerprint density at radius 3 is 2.22 bits per heavy atom. The van der Waals surface area contributed by atoms with E-state index in [2.05, 4.69) is 15.4 Å². The number of amides is 3. The number of anilines is 2. The van der Waals surface area contributed by atoms with Gasteiger partial charge >= 0.3 is 6.03 Å². The van der Waals surface area contributed by atoms with Crippen LogP contribution in [0.2, 0.25) is 0 Å². The van der Waals surface area contributed by atoms with Gasteiger partial charge in [-0.15, -0.1) is 0 Å². The van der Waals surface area contributed by atoms with Crippen LogP contribution in [-0.4, -0.2) is 40.1 Å². The molecule has 0 bridgehead atoms. The molecular weight excluding hydrogens is 436 g/mol. The Morgan fingerprint density at radius 2 is 1.69 bits per heavy atom. The number of benzene rings is 2. The fourth-order valence-electron chi connectivity index (χ4n) is 2.87. The standard InChI is InChI=1S/C21H28N4O6S/c1-5-31-16-9-6-14(7-10-16)25-32(28,29)18-12-15(8-11-17(18)30-4)23-20(26)19(13(2)3)24-21(22)27/h6-13,19,25H,5H2,1-4H3,(H,23,26)(H3,22,24,27)/t19-/m1/s1. The quantitative estimate of drug-likeness (QED) is 0.424. The van der Waals surface area contributed by atoms with Crippen LogP contribution >= 0.6 is 0 Å². The van der Waals surface area contributed by atoms with Gasteiger partial charge in [0.05, 0.1) is 13.7 Å². The highest BCUT2D eigenvalue weighted by Gasteiger charge is 2.25. The van der Waals surface area contributed by atoms with Gasteiger partial charge in [0, 0.05) is 11.4 Å². The first kappa shape index (κ1) is 24.8. The van der Waals surface area contributed by atoms with E-state index in [1.807, 2.05) is 6.92 Å². The number of ether oxygens (including phenoxy) is 2. The third-order valence-corrected chi connectivity index (χ3v) is 5.79. The molecule has 0 saturated carbocycles. The lowest BCUT2D eigenvalue weighted by Crippen LogP contribution is -2.49. The molecule has 0 fully saturated rings. The SMILES string of the molecule is CCOc1ccc(NS(=O)(=O)c2cc(NC(=O)[C@H](NC(N)=O)C(C)C)ccc2OC)cc1. The minimum absolute atomic E-state index is 0.0945. The molecule has 174 valence electrons. The molecule has 10 nitrogen and oxygen atoms in total. The number of urea groups is 1. The molecule has 0 aliphatic heterocycles. The van der Waals surface area contributed by atoms with Gasteiger partial charge in [0.25, 0.3) is 10.0 Å². The minimum Gasteiger partial charge on any atom is -0.495 e. The topological polar surface area (TPSA) is 149 Å². The Labute approximate surface area is 187 Å². The fraction of sp³-hybridized carbons (Fsp3) is 0.333. The van der Waals surface area contributed by atoms with Crippen LogP contribution in [0, 0.1) is 5.92 Å². The van der Waals surface area contributed by atoms with E-state index in [9.17, 15) is 18.0 Å². The largest absolute Gasteiger partial charge is 0.495 e. The summed E-state index contributed by atoms with van der Waals surface area (Å²) in [6, 6.07) is 8.90. The summed E-state index contributed by atoms with van der Waals surface area (Å²) in [5, 5.41) is 4.98. The lowest BCUT2D eigenvalue weighted by molar-refractivity contribution is -0.118. The molecule has 5 N–H and O–H groups in total. The van der Waals surface area contributed by atoms with Crippen molar-refractivity contribution in [2.45, 2.75) is 31.7 Å². The monoisotopic (exact) mass is 464 g/mol. The fourth-order valence-corrected chi connectivity index (χ4v) is 4.12. The average molecular weight is 465 g/mol. The van der Waals surface area contributed by atoms with Crippen molar-refractivity contribution in [1.29, 1.82) is 0 Å². The third kappa shape index (κ3) is 6.51. The first-order valence-electron chi connectivity index (χ1n) is 9.88. The number of carbonyl (C=O) groups excluding carboxylic acids is 2. The molecule has 2 aromatic carbocycles. The van der Waals surface area contributed by atoms with Gasteiger partial charge in [-0.1, -0.05) is 13.8 Å². The number of nitrogens with one attached hydrogen (secondary N) is 3. The Balaban J connectivity index is 2.29. The zero-order valence-electron chi connectivity index (χ0n) is 18.3. The molecule has 1 atom stereocenters. The van der Waals surface area contributed by atoms with Crippen molar-refractivity contribution in [1.82, 2.24) is 5.32 Å². The molecule has 0 aliphatic rings. The summed E-state index contributed by atoms with van der Waals surface area (Å²) in [5.74, 6) is -0.0730. The summed E-state index contributed by atoms with van der Waals surface area (Å²) in [5.41, 5.74) is 5.68. The molecule has 0 unspecified atom stereocenters. The van der Waals surface area contributed by atoms with E-state index in [1.165, 1.54) is 25.3 Å². The van der Waals surface area contributed by atoms with E-state index >= 15 is 0 Å². The lowest BCUT2D eigenvalue weighted by Gasteiger charge is -2.21. The molecule has 0 aliphatic carbocycles. The van der Waals surface area contributed by atoms with E-state index in [1.54, 1.807) is 38.1 Å². The molecule has 11 heteroatoms. The molecule has 0 heterocycles. The van der Waals surface area contributed by atoms with Crippen molar-refractivity contribution >= 4 is 33.3 Å². The zero-order chi connectivity index (χ0) is 23.9. The maximum atomic E-state index is 13.0. The summed E-state index contributed by atoms with van der Waals surface area (Å²) in [6.07, 6.45) is 0. The van der Waals surface area contributed by atoms with Gasteiger partial charge in [-0.25, -0.2) is 13.2 Å². The number of primary amides is 1. The second kappa shape index (κ2) is 10.7. The van der Waals surface area contributed by atoms with Crippen LogP contribution in [0.4, 0.5) is 16.2 Å². The second-order valence-electron chi connectivity index (χ2n) is 7.15. The van der Waals surface area contributed by atoms with E-state index in [0.717, 1.165) is 0 Å². The number of hydrogen-bond acceptors (Lipinski definition) is 6. The lowest BCUT2D eigenvalue weighted by atomic mass is 10.0. The molecule has 0 spiro atoms. The molecular formula is C21H28N4O6S. The summed E-state index contributed by atoms with van der Waals surface area (Å²) in [7, 11) is -2.71. The van der Waals surface area contributed by atoms with Crippen molar-refractivity contribution in [2.24, 2.45) is 11.7 Å². The van der Waals surface area contributed by atoms with Crippen LogP contribution in [0.25, 0.3) is 0 Å². The Morgan fingerprint density at radius 1 is 1.06 bits per heavy atom. The van der Waals surface area contributed by atoms with Gasteiger partial charge in [0.15, 0.2) is 0 Å². The van der Waals surface area contributed by atoms with Crippen LogP contribution in [0.1, 0.15) is 20.8 Å². The van der Waals surface area contributed by atoms with Gasteiger partial charge in [-0.3, -0.25) is 9.52 Å². The average Bonchev–Trinajstić information content (AvgIpc) is 2.73. The highest BCUT2D eigenvalue weighted by molar-refractivity contribution is 7.92. The Bertz CT molecular complexity index is 1050. The van der Waals surface area contributed by atoms with Gasteiger partial charge < -0.3 is 25.8 Å². The van der Waals surface area contributed by atoms with Crippen LogP contribution in [-0.2, 0) is 14.8 Å². The van der Waals surface area contributed by atoms with Crippen molar-refractivity contribution in [2.75, 3.05) is 23.8 Å². The Hall–Kier alpha value is -3.47. The number of nitrogens with two attached hydrogens (primary N) is 1. The smallest absolute Gasteiger partial charge is 0.312 e. The summed E-state index contributed by atoms with van der Waals surface area (Å²) < 4.78 is 39.0. The van der Waals surface area contributed by atoms with E-state index in [4.69, 9.17) is 15.2 Å². The first-order valence-corrected chi connectivity index (χ1v) is 11.4. The maximum absolute atomic E-state index is 13.0. The maximum Gasteiger partial charge on any atom is 0.312 e. The van der Waals surface area contributed by atoms with Gasteiger partial charge in [0.2, 0.25) is 5.91 Å². The normalized spacial score (nSPS) is 12.0. The highest BCUT2D eigenvalue weighted by atomic mass is 32.2. The number of rotatable bonds is 10. The van der Waals surface area contributed by atoms with Crippen molar-refractivity contribution in [3.05, 3.63) is 42.5 Å². The van der Waals surface area contributed by atoms with Crippen LogP contribution in [0.3, 0.4) is 0 Å². The minimum atomic E-state index is -4.05. The van der Waals surface area contributed by atoms with Gasteiger partial charge in [0.1, 0.15) is 22.4 Å². The molecule has 32 heavy (non-hydrogen) atoms. The van der Waals surface area contributed by atoms with Crippen LogP contribution in [0.15, 0.2) is 47.4 Å². The molecule has 3 amide bonds. The van der Waals surface area contributed by atoms with Crippen LogP contribution in [0.5, 0.6) is 11.5 Å². The van der Waals surface area contributed by atoms with Crippen LogP contribution < -0.4 is 30.6 Å². The third-order valence-electron chi connectivity index (χ3n) is 4.39. The van der Waals surface area contributed by atoms with Crippen molar-refractivity contribution in [3.8, 4) is 11.5 Å². The Kier molecular flexibility index (Phi) is 8.30. The van der Waals surface area contributed by atoms with E-state index in [0.29, 0.717) is 18.0 Å². The van der Waals surface area contributed by atoms with Crippen molar-refractivity contribution in [3.63, 3.8) is 0 Å². The summed E-state index contributed by atoms with van der Waals surface area (Å²) in [4.78, 5) is 23.6. The van der Waals surface area contributed by atoms with Crippen molar-refractivity contribution < 1.29 is 27.5 Å².